The second-order valence-electron chi connectivity index (χ2n) is 9.47. The quantitative estimate of drug-likeness (QED) is 0.134. The molecule has 1 aromatic carbocycles. The highest BCUT2D eigenvalue weighted by Crippen LogP contribution is 2.68. The van der Waals surface area contributed by atoms with E-state index in [1.54, 1.807) is 0 Å². The molecule has 0 saturated carbocycles. The second-order valence-corrected chi connectivity index (χ2v) is 15.4. The molecule has 0 aromatic heterocycles. The van der Waals surface area contributed by atoms with Gasteiger partial charge in [0.2, 0.25) is 0 Å². The summed E-state index contributed by atoms with van der Waals surface area (Å²) in [7, 11) is 0. The summed E-state index contributed by atoms with van der Waals surface area (Å²) in [5.41, 5.74) is 0. The minimum absolute atomic E-state index is 0.149. The zero-order valence-electron chi connectivity index (χ0n) is 23.0. The van der Waals surface area contributed by atoms with Crippen molar-refractivity contribution in [2.75, 3.05) is 0 Å². The SMILES string of the molecule is CCCCC(CC)C(=O)Oc1c2c(c(OC(=O)C(CC)CCCC)c3c1SC(=C(C)S)S3)SC(=C(C)S)S2. The van der Waals surface area contributed by atoms with Gasteiger partial charge in [0.1, 0.15) is 0 Å². The number of carbonyl (C=O) groups excluding carboxylic acids is 2. The van der Waals surface area contributed by atoms with Crippen LogP contribution in [0.1, 0.15) is 92.9 Å². The largest absolute Gasteiger partial charge is 0.424 e. The van der Waals surface area contributed by atoms with E-state index >= 15 is 0 Å². The molecular formula is C28H38O4S6. The average Bonchev–Trinajstić information content (AvgIpc) is 3.53. The number of hydrogen-bond acceptors (Lipinski definition) is 10. The molecule has 0 spiro atoms. The Kier molecular flexibility index (Phi) is 12.8. The Hall–Kier alpha value is -0.260. The third-order valence-electron chi connectivity index (χ3n) is 6.48. The lowest BCUT2D eigenvalue weighted by Gasteiger charge is -2.20. The van der Waals surface area contributed by atoms with E-state index in [9.17, 15) is 9.59 Å². The first-order valence-electron chi connectivity index (χ1n) is 13.3. The lowest BCUT2D eigenvalue weighted by atomic mass is 10.00. The zero-order chi connectivity index (χ0) is 28.0. The summed E-state index contributed by atoms with van der Waals surface area (Å²) < 4.78 is 14.5. The Morgan fingerprint density at radius 2 is 0.974 bits per heavy atom. The number of unbranched alkanes of at least 4 members (excludes halogenated alkanes) is 2. The number of thioether (sulfide) groups is 4. The monoisotopic (exact) mass is 630 g/mol. The van der Waals surface area contributed by atoms with Gasteiger partial charge in [0.15, 0.2) is 11.5 Å². The molecule has 2 atom stereocenters. The number of allylic oxidation sites excluding steroid dienone is 2. The van der Waals surface area contributed by atoms with Crippen molar-refractivity contribution in [2.45, 2.75) is 112 Å². The van der Waals surface area contributed by atoms with Gasteiger partial charge in [-0.1, -0.05) is 100 Å². The number of rotatable bonds is 12. The molecule has 2 aliphatic heterocycles. The van der Waals surface area contributed by atoms with Gasteiger partial charge in [-0.3, -0.25) is 9.59 Å². The molecule has 0 bridgehead atoms. The van der Waals surface area contributed by atoms with Gasteiger partial charge in [-0.15, -0.1) is 25.3 Å². The minimum atomic E-state index is -0.197. The molecular weight excluding hydrogens is 593 g/mol. The first kappa shape index (κ1) is 32.3. The van der Waals surface area contributed by atoms with Gasteiger partial charge in [-0.25, -0.2) is 0 Å². The number of carbonyl (C=O) groups is 2. The van der Waals surface area contributed by atoms with E-state index in [1.807, 2.05) is 27.7 Å². The Morgan fingerprint density at radius 3 is 1.21 bits per heavy atom. The van der Waals surface area contributed by atoms with Gasteiger partial charge in [-0.05, 0) is 49.3 Å². The molecule has 2 unspecified atom stereocenters. The summed E-state index contributed by atoms with van der Waals surface area (Å²) >= 11 is 15.3. The third-order valence-corrected chi connectivity index (χ3v) is 13.1. The highest BCUT2D eigenvalue weighted by atomic mass is 32.2. The van der Waals surface area contributed by atoms with E-state index in [-0.39, 0.29) is 23.8 Å². The summed E-state index contributed by atoms with van der Waals surface area (Å²) in [5.74, 6) is 0.441. The van der Waals surface area contributed by atoms with Crippen LogP contribution in [-0.2, 0) is 9.59 Å². The number of esters is 2. The molecule has 210 valence electrons. The number of thiol groups is 2. The number of benzene rings is 1. The summed E-state index contributed by atoms with van der Waals surface area (Å²) in [4.78, 5) is 31.8. The molecule has 3 rings (SSSR count). The fraction of sp³-hybridized carbons (Fsp3) is 0.571. The van der Waals surface area contributed by atoms with Gasteiger partial charge < -0.3 is 9.47 Å². The maximum atomic E-state index is 13.4. The summed E-state index contributed by atoms with van der Waals surface area (Å²) in [6.07, 6.45) is 7.15. The van der Waals surface area contributed by atoms with Crippen LogP contribution >= 0.6 is 72.3 Å². The molecule has 0 N–H and O–H groups in total. The van der Waals surface area contributed by atoms with Crippen LogP contribution in [0, 0.1) is 11.8 Å². The topological polar surface area (TPSA) is 52.6 Å². The van der Waals surface area contributed by atoms with Gasteiger partial charge >= 0.3 is 11.9 Å². The van der Waals surface area contributed by atoms with E-state index in [2.05, 4.69) is 39.1 Å². The standard InChI is InChI=1S/C28H38O4S6/c1-7-11-13-17(9-3)25(29)31-19-21-23(37-27(35-21)15(5)33)20(24-22(19)36-28(38-24)16(6)34)32-26(30)18(10-4)14-12-8-2/h17-18,33-34H,7-14H2,1-6H3. The van der Waals surface area contributed by atoms with Crippen LogP contribution in [0.2, 0.25) is 0 Å². The van der Waals surface area contributed by atoms with Gasteiger partial charge in [-0.2, -0.15) is 0 Å². The van der Waals surface area contributed by atoms with Crippen LogP contribution in [0.4, 0.5) is 0 Å². The van der Waals surface area contributed by atoms with Crippen molar-refractivity contribution in [3.63, 3.8) is 0 Å². The average molecular weight is 631 g/mol. The van der Waals surface area contributed by atoms with Crippen molar-refractivity contribution < 1.29 is 19.1 Å². The fourth-order valence-electron chi connectivity index (χ4n) is 4.13. The maximum absolute atomic E-state index is 13.4. The number of fused-ring (bicyclic) bond motifs is 2. The van der Waals surface area contributed by atoms with E-state index in [4.69, 9.17) is 9.47 Å². The van der Waals surface area contributed by atoms with E-state index < -0.39 is 0 Å². The normalized spacial score (nSPS) is 15.7. The molecule has 4 nitrogen and oxygen atoms in total. The molecule has 2 heterocycles. The molecule has 0 amide bonds. The Bertz CT molecular complexity index is 991. The molecule has 0 aliphatic carbocycles. The summed E-state index contributed by atoms with van der Waals surface area (Å²) in [6, 6.07) is 0. The van der Waals surface area contributed by atoms with Crippen LogP contribution in [0.3, 0.4) is 0 Å². The summed E-state index contributed by atoms with van der Waals surface area (Å²) in [5, 5.41) is 0. The predicted octanol–water partition coefficient (Wildman–Crippen LogP) is 10.6. The molecule has 0 radical (unpaired) electrons. The molecule has 0 fully saturated rings. The van der Waals surface area contributed by atoms with Crippen molar-refractivity contribution >= 4 is 84.2 Å². The molecule has 2 aliphatic rings. The lowest BCUT2D eigenvalue weighted by molar-refractivity contribution is -0.141. The van der Waals surface area contributed by atoms with E-state index in [0.717, 1.165) is 89.2 Å². The van der Waals surface area contributed by atoms with Crippen molar-refractivity contribution in [1.82, 2.24) is 0 Å². The van der Waals surface area contributed by atoms with E-state index in [1.165, 1.54) is 47.0 Å². The second kappa shape index (κ2) is 15.1. The van der Waals surface area contributed by atoms with Gasteiger partial charge in [0.05, 0.1) is 39.9 Å². The van der Waals surface area contributed by atoms with Gasteiger partial charge in [0, 0.05) is 0 Å². The van der Waals surface area contributed by atoms with Crippen LogP contribution in [-0.4, -0.2) is 11.9 Å². The van der Waals surface area contributed by atoms with E-state index in [0.29, 0.717) is 11.5 Å². The van der Waals surface area contributed by atoms with Gasteiger partial charge in [0.25, 0.3) is 0 Å². The Balaban J connectivity index is 2.13. The summed E-state index contributed by atoms with van der Waals surface area (Å²) in [6.45, 7) is 12.2. The molecule has 0 saturated heterocycles. The third kappa shape index (κ3) is 7.52. The predicted molar refractivity (Wildman–Crippen MR) is 171 cm³/mol. The van der Waals surface area contributed by atoms with Crippen LogP contribution < -0.4 is 9.47 Å². The van der Waals surface area contributed by atoms with Crippen molar-refractivity contribution in [3.05, 3.63) is 18.3 Å². The van der Waals surface area contributed by atoms with Crippen molar-refractivity contribution in [2.24, 2.45) is 11.8 Å². The zero-order valence-corrected chi connectivity index (χ0v) is 28.0. The van der Waals surface area contributed by atoms with Crippen molar-refractivity contribution in [3.8, 4) is 11.5 Å². The maximum Gasteiger partial charge on any atom is 0.314 e. The highest BCUT2D eigenvalue weighted by Gasteiger charge is 2.39. The highest BCUT2D eigenvalue weighted by molar-refractivity contribution is 8.26. The number of hydrogen-bond donors (Lipinski definition) is 2. The van der Waals surface area contributed by atoms with Crippen LogP contribution in [0.25, 0.3) is 0 Å². The van der Waals surface area contributed by atoms with Crippen molar-refractivity contribution in [1.29, 1.82) is 0 Å². The number of ether oxygens (including phenoxy) is 2. The first-order chi connectivity index (χ1) is 18.2. The molecule has 1 aromatic rings. The fourth-order valence-corrected chi connectivity index (χ4v) is 9.66. The first-order valence-corrected chi connectivity index (χ1v) is 17.5. The molecule has 38 heavy (non-hydrogen) atoms. The van der Waals surface area contributed by atoms with Crippen LogP contribution in [0.15, 0.2) is 37.9 Å². The Morgan fingerprint density at radius 1 is 0.658 bits per heavy atom. The van der Waals surface area contributed by atoms with Crippen LogP contribution in [0.5, 0.6) is 11.5 Å². The Labute approximate surface area is 255 Å². The smallest absolute Gasteiger partial charge is 0.314 e. The minimum Gasteiger partial charge on any atom is -0.424 e. The lowest BCUT2D eigenvalue weighted by Crippen LogP contribution is -2.22. The molecule has 10 heteroatoms.